The Morgan fingerprint density at radius 3 is 3.12 bits per heavy atom. The molecule has 2 heterocycles. The van der Waals surface area contributed by atoms with Gasteiger partial charge < -0.3 is 10.2 Å². The highest BCUT2D eigenvalue weighted by atomic mass is 15.2. The highest BCUT2D eigenvalue weighted by molar-refractivity contribution is 5.63. The number of rotatable bonds is 3. The second kappa shape index (κ2) is 4.69. The molecule has 1 unspecified atom stereocenters. The largest absolute Gasteiger partial charge is 0.370 e. The number of nitrogens with one attached hydrogen (secondary N) is 1. The SMILES string of the molecule is CCCNC1Cc2cccc3c2N(CCC3)C1. The van der Waals surface area contributed by atoms with E-state index in [1.165, 1.54) is 38.8 Å². The van der Waals surface area contributed by atoms with Crippen molar-refractivity contribution in [2.24, 2.45) is 0 Å². The van der Waals surface area contributed by atoms with Gasteiger partial charge in [-0.25, -0.2) is 0 Å². The molecule has 3 rings (SSSR count). The first kappa shape index (κ1) is 11.1. The van der Waals surface area contributed by atoms with E-state index in [1.807, 2.05) is 0 Å². The predicted molar refractivity (Wildman–Crippen MR) is 72.8 cm³/mol. The summed E-state index contributed by atoms with van der Waals surface area (Å²) in [5.74, 6) is 0. The number of nitrogens with zero attached hydrogens (tertiary/aromatic N) is 1. The normalized spacial score (nSPS) is 22.4. The first-order valence-corrected chi connectivity index (χ1v) is 6.97. The summed E-state index contributed by atoms with van der Waals surface area (Å²) in [6.45, 7) is 5.83. The molecular weight excluding hydrogens is 208 g/mol. The van der Waals surface area contributed by atoms with Gasteiger partial charge in [0.1, 0.15) is 0 Å². The minimum Gasteiger partial charge on any atom is -0.370 e. The van der Waals surface area contributed by atoms with Gasteiger partial charge in [0.25, 0.3) is 0 Å². The van der Waals surface area contributed by atoms with E-state index < -0.39 is 0 Å². The van der Waals surface area contributed by atoms with E-state index in [1.54, 1.807) is 16.8 Å². The van der Waals surface area contributed by atoms with Crippen LogP contribution in [0.25, 0.3) is 0 Å². The van der Waals surface area contributed by atoms with E-state index in [-0.39, 0.29) is 0 Å². The molecule has 0 spiro atoms. The van der Waals surface area contributed by atoms with Crippen LogP contribution >= 0.6 is 0 Å². The number of anilines is 1. The molecule has 1 N–H and O–H groups in total. The van der Waals surface area contributed by atoms with Crippen LogP contribution < -0.4 is 10.2 Å². The van der Waals surface area contributed by atoms with Crippen LogP contribution in [0.2, 0.25) is 0 Å². The molecule has 1 aromatic carbocycles. The molecule has 2 aliphatic rings. The zero-order valence-corrected chi connectivity index (χ0v) is 10.7. The fraction of sp³-hybridized carbons (Fsp3) is 0.600. The van der Waals surface area contributed by atoms with Crippen molar-refractivity contribution in [1.82, 2.24) is 5.32 Å². The molecule has 0 amide bonds. The van der Waals surface area contributed by atoms with Gasteiger partial charge in [0.05, 0.1) is 0 Å². The lowest BCUT2D eigenvalue weighted by atomic mass is 9.90. The summed E-state index contributed by atoms with van der Waals surface area (Å²) in [5.41, 5.74) is 4.69. The Bertz CT molecular complexity index is 400. The lowest BCUT2D eigenvalue weighted by Crippen LogP contribution is -2.48. The van der Waals surface area contributed by atoms with Crippen molar-refractivity contribution in [2.75, 3.05) is 24.5 Å². The summed E-state index contributed by atoms with van der Waals surface area (Å²) in [7, 11) is 0. The van der Waals surface area contributed by atoms with Crippen LogP contribution in [-0.2, 0) is 12.8 Å². The zero-order chi connectivity index (χ0) is 11.7. The molecule has 1 atom stereocenters. The Labute approximate surface area is 104 Å². The molecule has 0 radical (unpaired) electrons. The van der Waals surface area contributed by atoms with Crippen LogP contribution in [0, 0.1) is 0 Å². The molecule has 2 nitrogen and oxygen atoms in total. The standard InChI is InChI=1S/C15H22N2/c1-2-8-16-14-10-13-6-3-5-12-7-4-9-17(11-14)15(12)13/h3,5-6,14,16H,2,4,7-11H2,1H3. The number of hydrogen-bond acceptors (Lipinski definition) is 2. The van der Waals surface area contributed by atoms with Crippen molar-refractivity contribution in [2.45, 2.75) is 38.6 Å². The van der Waals surface area contributed by atoms with Crippen LogP contribution in [0.4, 0.5) is 5.69 Å². The predicted octanol–water partition coefficient (Wildman–Crippen LogP) is 2.36. The molecule has 0 fully saturated rings. The summed E-state index contributed by atoms with van der Waals surface area (Å²) in [6, 6.07) is 7.51. The Hall–Kier alpha value is -1.02. The van der Waals surface area contributed by atoms with E-state index in [4.69, 9.17) is 0 Å². The summed E-state index contributed by atoms with van der Waals surface area (Å²) < 4.78 is 0. The zero-order valence-electron chi connectivity index (χ0n) is 10.7. The topological polar surface area (TPSA) is 15.3 Å². The van der Waals surface area contributed by atoms with Gasteiger partial charge in [0.2, 0.25) is 0 Å². The van der Waals surface area contributed by atoms with Crippen molar-refractivity contribution in [1.29, 1.82) is 0 Å². The molecule has 0 aromatic heterocycles. The molecule has 2 heteroatoms. The van der Waals surface area contributed by atoms with Crippen molar-refractivity contribution < 1.29 is 0 Å². The molecule has 2 aliphatic heterocycles. The van der Waals surface area contributed by atoms with Gasteiger partial charge in [-0.05, 0) is 43.4 Å². The third kappa shape index (κ3) is 2.06. The van der Waals surface area contributed by atoms with Crippen molar-refractivity contribution in [3.05, 3.63) is 29.3 Å². The van der Waals surface area contributed by atoms with E-state index in [9.17, 15) is 0 Å². The fourth-order valence-electron chi connectivity index (χ4n) is 3.25. The number of para-hydroxylation sites is 1. The average Bonchev–Trinajstić information content (AvgIpc) is 2.37. The first-order valence-electron chi connectivity index (χ1n) is 6.97. The highest BCUT2D eigenvalue weighted by Crippen LogP contribution is 2.34. The number of hydrogen-bond donors (Lipinski definition) is 1. The molecule has 1 aromatic rings. The smallest absolute Gasteiger partial charge is 0.0432 e. The maximum absolute atomic E-state index is 3.68. The molecule has 92 valence electrons. The third-order valence-corrected chi connectivity index (χ3v) is 3.98. The summed E-state index contributed by atoms with van der Waals surface area (Å²) in [5, 5.41) is 3.68. The van der Waals surface area contributed by atoms with Crippen LogP contribution in [0.3, 0.4) is 0 Å². The minimum atomic E-state index is 0.649. The first-order chi connectivity index (χ1) is 8.38. The van der Waals surface area contributed by atoms with Gasteiger partial charge in [-0.15, -0.1) is 0 Å². The van der Waals surface area contributed by atoms with Crippen molar-refractivity contribution in [3.63, 3.8) is 0 Å². The average molecular weight is 230 g/mol. The van der Waals surface area contributed by atoms with Gasteiger partial charge in [0.15, 0.2) is 0 Å². The van der Waals surface area contributed by atoms with E-state index in [2.05, 4.69) is 35.3 Å². The Balaban J connectivity index is 1.86. The Morgan fingerprint density at radius 2 is 2.24 bits per heavy atom. The second-order valence-electron chi connectivity index (χ2n) is 5.33. The van der Waals surface area contributed by atoms with Crippen molar-refractivity contribution in [3.8, 4) is 0 Å². The quantitative estimate of drug-likeness (QED) is 0.857. The van der Waals surface area contributed by atoms with E-state index in [0.29, 0.717) is 6.04 Å². The van der Waals surface area contributed by atoms with Gasteiger partial charge in [0, 0.05) is 24.8 Å². The van der Waals surface area contributed by atoms with Gasteiger partial charge in [-0.1, -0.05) is 25.1 Å². The van der Waals surface area contributed by atoms with Gasteiger partial charge >= 0.3 is 0 Å². The van der Waals surface area contributed by atoms with E-state index in [0.717, 1.165) is 6.54 Å². The summed E-state index contributed by atoms with van der Waals surface area (Å²) in [4.78, 5) is 2.60. The highest BCUT2D eigenvalue weighted by Gasteiger charge is 2.27. The Kier molecular flexibility index (Phi) is 3.06. The monoisotopic (exact) mass is 230 g/mol. The summed E-state index contributed by atoms with van der Waals surface area (Å²) in [6.07, 6.45) is 5.02. The van der Waals surface area contributed by atoms with Crippen molar-refractivity contribution >= 4 is 5.69 Å². The van der Waals surface area contributed by atoms with Gasteiger partial charge in [-0.3, -0.25) is 0 Å². The number of aryl methyl sites for hydroxylation is 1. The van der Waals surface area contributed by atoms with Crippen LogP contribution in [-0.4, -0.2) is 25.7 Å². The molecule has 0 saturated carbocycles. The van der Waals surface area contributed by atoms with E-state index >= 15 is 0 Å². The number of benzene rings is 1. The van der Waals surface area contributed by atoms with Crippen LogP contribution in [0.15, 0.2) is 18.2 Å². The maximum atomic E-state index is 3.68. The molecule has 0 saturated heterocycles. The fourth-order valence-corrected chi connectivity index (χ4v) is 3.25. The van der Waals surface area contributed by atoms with Crippen LogP contribution in [0.1, 0.15) is 30.9 Å². The minimum absolute atomic E-state index is 0.649. The molecular formula is C15H22N2. The maximum Gasteiger partial charge on any atom is 0.0432 e. The lowest BCUT2D eigenvalue weighted by Gasteiger charge is -2.40. The third-order valence-electron chi connectivity index (χ3n) is 3.98. The van der Waals surface area contributed by atoms with Crippen LogP contribution in [0.5, 0.6) is 0 Å². The second-order valence-corrected chi connectivity index (χ2v) is 5.33. The van der Waals surface area contributed by atoms with Gasteiger partial charge in [-0.2, -0.15) is 0 Å². The Morgan fingerprint density at radius 1 is 1.35 bits per heavy atom. The molecule has 0 bridgehead atoms. The molecule has 17 heavy (non-hydrogen) atoms. The lowest BCUT2D eigenvalue weighted by molar-refractivity contribution is 0.473. The molecule has 0 aliphatic carbocycles. The summed E-state index contributed by atoms with van der Waals surface area (Å²) >= 11 is 0.